The molecule has 0 amide bonds. The molecule has 3 rings (SSSR count). The lowest BCUT2D eigenvalue weighted by molar-refractivity contribution is 0.281. The number of aromatic nitrogens is 2. The highest BCUT2D eigenvalue weighted by Crippen LogP contribution is 2.12. The second-order valence-electron chi connectivity index (χ2n) is 6.65. The highest BCUT2D eigenvalue weighted by molar-refractivity contribution is 5.76. The van der Waals surface area contributed by atoms with Crippen molar-refractivity contribution in [3.63, 3.8) is 0 Å². The van der Waals surface area contributed by atoms with Crippen molar-refractivity contribution in [2.75, 3.05) is 26.7 Å². The summed E-state index contributed by atoms with van der Waals surface area (Å²) in [6.45, 7) is 5.84. The Kier molecular flexibility index (Phi) is 6.60. The molecule has 0 aliphatic rings. The first-order chi connectivity index (χ1) is 13.2. The van der Waals surface area contributed by atoms with E-state index in [0.717, 1.165) is 43.7 Å². The van der Waals surface area contributed by atoms with Gasteiger partial charge in [0.2, 0.25) is 0 Å². The molecule has 27 heavy (non-hydrogen) atoms. The fourth-order valence-electron chi connectivity index (χ4n) is 3.24. The summed E-state index contributed by atoms with van der Waals surface area (Å²) >= 11 is 0. The Morgan fingerprint density at radius 2 is 1.85 bits per heavy atom. The second-order valence-corrected chi connectivity index (χ2v) is 6.65. The number of rotatable bonds is 9. The Morgan fingerprint density at radius 3 is 2.59 bits per heavy atom. The minimum atomic E-state index is 0.0434. The third-order valence-electron chi connectivity index (χ3n) is 4.93. The Labute approximate surface area is 160 Å². The maximum atomic E-state index is 12.5. The molecular weight excluding hydrogens is 338 g/mol. The predicted molar refractivity (Wildman–Crippen MR) is 109 cm³/mol. The van der Waals surface area contributed by atoms with Crippen LogP contribution in [0.5, 0.6) is 5.75 Å². The molecule has 0 aliphatic carbocycles. The molecule has 3 aromatic rings. The van der Waals surface area contributed by atoms with Crippen LogP contribution in [0.15, 0.2) is 59.7 Å². The number of methoxy groups -OCH3 is 1. The summed E-state index contributed by atoms with van der Waals surface area (Å²) in [6.07, 6.45) is 3.60. The van der Waals surface area contributed by atoms with Gasteiger partial charge in [-0.1, -0.05) is 31.2 Å². The first-order valence-corrected chi connectivity index (χ1v) is 9.50. The molecule has 1 aromatic heterocycles. The molecule has 5 nitrogen and oxygen atoms in total. The van der Waals surface area contributed by atoms with Crippen LogP contribution in [0.2, 0.25) is 0 Å². The zero-order valence-electron chi connectivity index (χ0n) is 16.1. The van der Waals surface area contributed by atoms with Gasteiger partial charge in [-0.25, -0.2) is 4.98 Å². The van der Waals surface area contributed by atoms with Crippen LogP contribution < -0.4 is 10.3 Å². The quantitative estimate of drug-likeness (QED) is 0.583. The van der Waals surface area contributed by atoms with Gasteiger partial charge in [-0.2, -0.15) is 0 Å². The van der Waals surface area contributed by atoms with Crippen molar-refractivity contribution >= 4 is 10.9 Å². The van der Waals surface area contributed by atoms with Crippen molar-refractivity contribution in [3.8, 4) is 5.75 Å². The van der Waals surface area contributed by atoms with Gasteiger partial charge < -0.3 is 9.64 Å². The van der Waals surface area contributed by atoms with E-state index in [0.29, 0.717) is 11.9 Å². The van der Waals surface area contributed by atoms with E-state index in [-0.39, 0.29) is 5.56 Å². The lowest BCUT2D eigenvalue weighted by Crippen LogP contribution is -2.29. The van der Waals surface area contributed by atoms with Crippen LogP contribution in [0.4, 0.5) is 0 Å². The van der Waals surface area contributed by atoms with Gasteiger partial charge >= 0.3 is 0 Å². The van der Waals surface area contributed by atoms with E-state index < -0.39 is 0 Å². The number of fused-ring (bicyclic) bond motifs is 1. The molecule has 0 atom stereocenters. The average molecular weight is 365 g/mol. The third kappa shape index (κ3) is 4.95. The smallest absolute Gasteiger partial charge is 0.261 e. The number of hydrogen-bond donors (Lipinski definition) is 0. The fraction of sp³-hybridized carbons (Fsp3) is 0.364. The Bertz CT molecular complexity index is 919. The number of aryl methyl sites for hydroxylation is 1. The van der Waals surface area contributed by atoms with Gasteiger partial charge in [0.05, 0.1) is 24.3 Å². The summed E-state index contributed by atoms with van der Waals surface area (Å²) in [5, 5.41) is 0.687. The number of nitrogens with zero attached hydrogens (tertiary/aromatic N) is 3. The van der Waals surface area contributed by atoms with Crippen LogP contribution in [-0.4, -0.2) is 41.2 Å². The second kappa shape index (κ2) is 9.33. The van der Waals surface area contributed by atoms with E-state index in [2.05, 4.69) is 28.9 Å². The zero-order chi connectivity index (χ0) is 19.1. The van der Waals surface area contributed by atoms with E-state index in [1.54, 1.807) is 18.0 Å². The maximum absolute atomic E-state index is 12.5. The van der Waals surface area contributed by atoms with Crippen molar-refractivity contribution in [2.24, 2.45) is 0 Å². The minimum absolute atomic E-state index is 0.0434. The molecule has 5 heteroatoms. The zero-order valence-corrected chi connectivity index (χ0v) is 16.1. The van der Waals surface area contributed by atoms with Crippen LogP contribution in [-0.2, 0) is 13.0 Å². The van der Waals surface area contributed by atoms with E-state index in [4.69, 9.17) is 4.74 Å². The van der Waals surface area contributed by atoms with Crippen LogP contribution in [0.1, 0.15) is 18.9 Å². The lowest BCUT2D eigenvalue weighted by Gasteiger charge is -2.20. The number of ether oxygens (including phenoxy) is 1. The molecule has 0 bridgehead atoms. The number of para-hydroxylation sites is 1. The SMILES string of the molecule is CCN(CCCn1cnc2ccccc2c1=O)CCc1ccc(OC)cc1. The van der Waals surface area contributed by atoms with Crippen LogP contribution in [0, 0.1) is 0 Å². The first-order valence-electron chi connectivity index (χ1n) is 9.50. The van der Waals surface area contributed by atoms with Gasteiger partial charge in [0.15, 0.2) is 0 Å². The molecule has 0 aliphatic heterocycles. The van der Waals surface area contributed by atoms with Gasteiger partial charge in [-0.05, 0) is 55.8 Å². The molecule has 0 radical (unpaired) electrons. The van der Waals surface area contributed by atoms with Gasteiger partial charge in [-0.15, -0.1) is 0 Å². The van der Waals surface area contributed by atoms with Gasteiger partial charge in [0.1, 0.15) is 5.75 Å². The highest BCUT2D eigenvalue weighted by atomic mass is 16.5. The van der Waals surface area contributed by atoms with Crippen LogP contribution in [0.25, 0.3) is 10.9 Å². The normalized spacial score (nSPS) is 11.2. The summed E-state index contributed by atoms with van der Waals surface area (Å²) < 4.78 is 6.93. The Hall–Kier alpha value is -2.66. The summed E-state index contributed by atoms with van der Waals surface area (Å²) in [5.41, 5.74) is 2.11. The van der Waals surface area contributed by atoms with E-state index in [1.807, 2.05) is 36.4 Å². The molecule has 0 saturated carbocycles. The molecule has 0 unspecified atom stereocenters. The van der Waals surface area contributed by atoms with Crippen molar-refractivity contribution in [1.82, 2.24) is 14.5 Å². The van der Waals surface area contributed by atoms with Crippen molar-refractivity contribution in [2.45, 2.75) is 26.3 Å². The molecule has 0 fully saturated rings. The maximum Gasteiger partial charge on any atom is 0.261 e. The Morgan fingerprint density at radius 1 is 1.07 bits per heavy atom. The lowest BCUT2D eigenvalue weighted by atomic mass is 10.1. The average Bonchev–Trinajstić information content (AvgIpc) is 2.72. The summed E-state index contributed by atoms with van der Waals surface area (Å²) in [6, 6.07) is 15.7. The van der Waals surface area contributed by atoms with Crippen molar-refractivity contribution in [1.29, 1.82) is 0 Å². The largest absolute Gasteiger partial charge is 0.497 e. The van der Waals surface area contributed by atoms with Crippen LogP contribution in [0.3, 0.4) is 0 Å². The fourth-order valence-corrected chi connectivity index (χ4v) is 3.24. The summed E-state index contributed by atoms with van der Waals surface area (Å²) in [7, 11) is 1.68. The van der Waals surface area contributed by atoms with E-state index in [1.165, 1.54) is 5.56 Å². The van der Waals surface area contributed by atoms with Crippen LogP contribution >= 0.6 is 0 Å². The van der Waals surface area contributed by atoms with Crippen molar-refractivity contribution < 1.29 is 4.74 Å². The molecule has 0 N–H and O–H groups in total. The van der Waals surface area contributed by atoms with E-state index >= 15 is 0 Å². The summed E-state index contributed by atoms with van der Waals surface area (Å²) in [4.78, 5) is 19.3. The number of benzene rings is 2. The van der Waals surface area contributed by atoms with E-state index in [9.17, 15) is 4.79 Å². The standard InChI is InChI=1S/C22H27N3O2/c1-3-24(16-13-18-9-11-19(27-2)12-10-18)14-6-15-25-17-23-21-8-5-4-7-20(21)22(25)26/h4-5,7-12,17H,3,6,13-16H2,1-2H3. The number of hydrogen-bond acceptors (Lipinski definition) is 4. The monoisotopic (exact) mass is 365 g/mol. The Balaban J connectivity index is 1.52. The highest BCUT2D eigenvalue weighted by Gasteiger charge is 2.06. The molecular formula is C22H27N3O2. The molecule has 142 valence electrons. The summed E-state index contributed by atoms with van der Waals surface area (Å²) in [5.74, 6) is 0.889. The van der Waals surface area contributed by atoms with Gasteiger partial charge in [0.25, 0.3) is 5.56 Å². The first kappa shape index (κ1) is 19.1. The van der Waals surface area contributed by atoms with Crippen molar-refractivity contribution in [3.05, 3.63) is 70.8 Å². The molecule has 0 spiro atoms. The minimum Gasteiger partial charge on any atom is -0.497 e. The third-order valence-corrected chi connectivity index (χ3v) is 4.93. The predicted octanol–water partition coefficient (Wildman–Crippen LogP) is 3.36. The topological polar surface area (TPSA) is 47.4 Å². The molecule has 0 saturated heterocycles. The molecule has 2 aromatic carbocycles. The van der Waals surface area contributed by atoms with Gasteiger partial charge in [0, 0.05) is 13.1 Å². The van der Waals surface area contributed by atoms with Gasteiger partial charge in [-0.3, -0.25) is 9.36 Å². The number of likely N-dealkylation sites (N-methyl/N-ethyl adjacent to an activating group) is 1. The molecule has 1 heterocycles.